The van der Waals surface area contributed by atoms with Gasteiger partial charge >= 0.3 is 5.69 Å². The number of aryl methyl sites for hydroxylation is 1. The smallest absolute Gasteiger partial charge is 0.326 e. The van der Waals surface area contributed by atoms with Crippen LogP contribution in [-0.4, -0.2) is 16.2 Å². The van der Waals surface area contributed by atoms with Crippen molar-refractivity contribution in [3.05, 3.63) is 21.7 Å². The number of aromatic amines is 1. The van der Waals surface area contributed by atoms with Crippen LogP contribution in [-0.2, 0) is 6.54 Å². The molecule has 0 aliphatic carbocycles. The molecule has 0 aliphatic heterocycles. The highest BCUT2D eigenvalue weighted by atomic mass is 32.2. The summed E-state index contributed by atoms with van der Waals surface area (Å²) in [7, 11) is 0. The lowest BCUT2D eigenvalue weighted by Crippen LogP contribution is -2.17. The van der Waals surface area contributed by atoms with Crippen LogP contribution in [0.3, 0.4) is 0 Å². The topological polar surface area (TPSA) is 71.8 Å². The van der Waals surface area contributed by atoms with E-state index in [0.29, 0.717) is 6.54 Å². The lowest BCUT2D eigenvalue weighted by atomic mass is 10.2. The van der Waals surface area contributed by atoms with Gasteiger partial charge in [-0.1, -0.05) is 0 Å². The highest BCUT2D eigenvalue weighted by molar-refractivity contribution is 7.98. The number of H-pyrrole nitrogens is 1. The van der Waals surface area contributed by atoms with Crippen LogP contribution in [0.15, 0.2) is 9.82 Å². The van der Waals surface area contributed by atoms with Gasteiger partial charge in [-0.05, 0) is 13.2 Å². The van der Waals surface area contributed by atoms with E-state index < -0.39 is 0 Å². The second kappa shape index (κ2) is 3.73. The molecule has 0 fully saturated rings. The Labute approximate surface area is 74.6 Å². The Balaban J connectivity index is 3.33. The van der Waals surface area contributed by atoms with Gasteiger partial charge < -0.3 is 10.7 Å². The molecule has 1 heterocycles. The van der Waals surface area contributed by atoms with Gasteiger partial charge in [0.1, 0.15) is 5.03 Å². The Hall–Kier alpha value is -0.810. The molecule has 5 heteroatoms. The number of aromatic nitrogens is 2. The molecule has 66 valence electrons. The van der Waals surface area contributed by atoms with E-state index in [2.05, 4.69) is 9.97 Å². The largest absolute Gasteiger partial charge is 0.346 e. The maximum absolute atomic E-state index is 10.9. The summed E-state index contributed by atoms with van der Waals surface area (Å²) in [6.07, 6.45) is 1.88. The monoisotopic (exact) mass is 185 g/mol. The first-order chi connectivity index (χ1) is 5.69. The van der Waals surface area contributed by atoms with Crippen LogP contribution in [0.4, 0.5) is 0 Å². The Kier molecular flexibility index (Phi) is 2.88. The molecule has 1 rings (SSSR count). The number of nitrogens with two attached hydrogens (primary N) is 1. The lowest BCUT2D eigenvalue weighted by molar-refractivity contribution is 0.860. The van der Waals surface area contributed by atoms with E-state index in [-0.39, 0.29) is 5.69 Å². The molecule has 0 unspecified atom stereocenters. The zero-order chi connectivity index (χ0) is 9.14. The van der Waals surface area contributed by atoms with E-state index in [1.807, 2.05) is 13.2 Å². The molecule has 0 spiro atoms. The highest BCUT2D eigenvalue weighted by Crippen LogP contribution is 2.16. The fraction of sp³-hybridized carbons (Fsp3) is 0.429. The molecule has 0 aliphatic rings. The number of hydrogen-bond donors (Lipinski definition) is 2. The SMILES string of the molecule is CSc1nc(=O)[nH]c(C)c1CN. The number of thioether (sulfide) groups is 1. The molecule has 1 aromatic rings. The van der Waals surface area contributed by atoms with Crippen molar-refractivity contribution in [2.24, 2.45) is 5.73 Å². The second-order valence-corrected chi connectivity index (χ2v) is 3.15. The molecule has 0 amide bonds. The molecule has 0 aromatic carbocycles. The van der Waals surface area contributed by atoms with Crippen molar-refractivity contribution in [1.82, 2.24) is 9.97 Å². The van der Waals surface area contributed by atoms with Gasteiger partial charge in [0, 0.05) is 17.8 Å². The van der Waals surface area contributed by atoms with E-state index >= 15 is 0 Å². The van der Waals surface area contributed by atoms with Crippen LogP contribution in [0.25, 0.3) is 0 Å². The molecule has 0 saturated heterocycles. The number of hydrogen-bond acceptors (Lipinski definition) is 4. The zero-order valence-electron chi connectivity index (χ0n) is 7.05. The maximum Gasteiger partial charge on any atom is 0.346 e. The minimum absolute atomic E-state index is 0.311. The van der Waals surface area contributed by atoms with Gasteiger partial charge in [-0.15, -0.1) is 11.8 Å². The Morgan fingerprint density at radius 2 is 2.33 bits per heavy atom. The molecule has 3 N–H and O–H groups in total. The summed E-state index contributed by atoms with van der Waals surface area (Å²) in [4.78, 5) is 17.3. The average molecular weight is 185 g/mol. The molecule has 12 heavy (non-hydrogen) atoms. The van der Waals surface area contributed by atoms with Crippen molar-refractivity contribution in [2.45, 2.75) is 18.5 Å². The number of nitrogens with zero attached hydrogens (tertiary/aromatic N) is 1. The molecular formula is C7H11N3OS. The maximum atomic E-state index is 10.9. The van der Waals surface area contributed by atoms with Gasteiger partial charge in [0.15, 0.2) is 0 Å². The Bertz CT molecular complexity index is 334. The summed E-state index contributed by atoms with van der Waals surface area (Å²) in [6, 6.07) is 0. The van der Waals surface area contributed by atoms with Crippen LogP contribution in [0, 0.1) is 6.92 Å². The van der Waals surface area contributed by atoms with Gasteiger partial charge in [0.2, 0.25) is 0 Å². The molecule has 0 saturated carbocycles. The lowest BCUT2D eigenvalue weighted by Gasteiger charge is -2.05. The molecular weight excluding hydrogens is 174 g/mol. The minimum Gasteiger partial charge on any atom is -0.326 e. The minimum atomic E-state index is -0.311. The first kappa shape index (κ1) is 9.28. The third-order valence-electron chi connectivity index (χ3n) is 1.61. The second-order valence-electron chi connectivity index (χ2n) is 2.36. The van der Waals surface area contributed by atoms with Crippen molar-refractivity contribution in [1.29, 1.82) is 0 Å². The summed E-state index contributed by atoms with van der Waals surface area (Å²) < 4.78 is 0. The van der Waals surface area contributed by atoms with E-state index in [4.69, 9.17) is 5.73 Å². The van der Waals surface area contributed by atoms with E-state index in [9.17, 15) is 4.79 Å². The van der Waals surface area contributed by atoms with Crippen LogP contribution >= 0.6 is 11.8 Å². The first-order valence-corrected chi connectivity index (χ1v) is 4.75. The van der Waals surface area contributed by atoms with Crippen molar-refractivity contribution < 1.29 is 0 Å². The predicted octanol–water partition coefficient (Wildman–Crippen LogP) is 0.259. The molecule has 0 atom stereocenters. The number of nitrogens with one attached hydrogen (secondary N) is 1. The van der Waals surface area contributed by atoms with Crippen molar-refractivity contribution in [3.8, 4) is 0 Å². The molecule has 1 aromatic heterocycles. The van der Waals surface area contributed by atoms with Gasteiger partial charge in [0.25, 0.3) is 0 Å². The number of rotatable bonds is 2. The van der Waals surface area contributed by atoms with Gasteiger partial charge in [-0.2, -0.15) is 4.98 Å². The fourth-order valence-electron chi connectivity index (χ4n) is 0.993. The van der Waals surface area contributed by atoms with Crippen molar-refractivity contribution in [2.75, 3.05) is 6.26 Å². The third-order valence-corrected chi connectivity index (χ3v) is 2.33. The normalized spacial score (nSPS) is 10.2. The van der Waals surface area contributed by atoms with E-state index in [1.54, 1.807) is 0 Å². The molecule has 0 radical (unpaired) electrons. The quantitative estimate of drug-likeness (QED) is 0.512. The van der Waals surface area contributed by atoms with Crippen LogP contribution < -0.4 is 11.4 Å². The van der Waals surface area contributed by atoms with Gasteiger partial charge in [-0.25, -0.2) is 4.79 Å². The standard InChI is InChI=1S/C7H11N3OS/c1-4-5(3-8)6(12-2)10-7(11)9-4/h3,8H2,1-2H3,(H,9,10,11). The third kappa shape index (κ3) is 1.67. The summed E-state index contributed by atoms with van der Waals surface area (Å²) >= 11 is 1.44. The summed E-state index contributed by atoms with van der Waals surface area (Å²) in [6.45, 7) is 2.23. The summed E-state index contributed by atoms with van der Waals surface area (Å²) in [5, 5.41) is 0.721. The fourth-order valence-corrected chi connectivity index (χ4v) is 1.65. The molecule has 4 nitrogen and oxygen atoms in total. The summed E-state index contributed by atoms with van der Waals surface area (Å²) in [5.41, 5.74) is 6.92. The van der Waals surface area contributed by atoms with Gasteiger partial charge in [0.05, 0.1) is 0 Å². The van der Waals surface area contributed by atoms with Crippen molar-refractivity contribution >= 4 is 11.8 Å². The van der Waals surface area contributed by atoms with Crippen LogP contribution in [0.1, 0.15) is 11.3 Å². The zero-order valence-corrected chi connectivity index (χ0v) is 7.86. The van der Waals surface area contributed by atoms with E-state index in [0.717, 1.165) is 16.3 Å². The van der Waals surface area contributed by atoms with Crippen LogP contribution in [0.5, 0.6) is 0 Å². The van der Waals surface area contributed by atoms with E-state index in [1.165, 1.54) is 11.8 Å². The van der Waals surface area contributed by atoms with Crippen LogP contribution in [0.2, 0.25) is 0 Å². The first-order valence-electron chi connectivity index (χ1n) is 3.53. The Morgan fingerprint density at radius 1 is 1.67 bits per heavy atom. The van der Waals surface area contributed by atoms with Gasteiger partial charge in [-0.3, -0.25) is 0 Å². The predicted molar refractivity (Wildman–Crippen MR) is 49.3 cm³/mol. The van der Waals surface area contributed by atoms with Crippen molar-refractivity contribution in [3.63, 3.8) is 0 Å². The molecule has 0 bridgehead atoms. The highest BCUT2D eigenvalue weighted by Gasteiger charge is 2.05. The summed E-state index contributed by atoms with van der Waals surface area (Å²) in [5.74, 6) is 0. The Morgan fingerprint density at radius 3 is 2.83 bits per heavy atom. The average Bonchev–Trinajstić information content (AvgIpc) is 2.03.